The normalized spacial score (nSPS) is 12.9. The van der Waals surface area contributed by atoms with Crippen molar-refractivity contribution in [2.24, 2.45) is 0 Å². The molecule has 0 fully saturated rings. The summed E-state index contributed by atoms with van der Waals surface area (Å²) in [4.78, 5) is 0.238. The van der Waals surface area contributed by atoms with E-state index in [2.05, 4.69) is 5.32 Å². The van der Waals surface area contributed by atoms with Gasteiger partial charge >= 0.3 is 0 Å². The number of nitrogens with zero attached hydrogens (tertiary/aromatic N) is 1. The van der Waals surface area contributed by atoms with Crippen molar-refractivity contribution in [3.05, 3.63) is 29.8 Å². The van der Waals surface area contributed by atoms with Gasteiger partial charge in [-0.2, -0.15) is 4.31 Å². The Hall–Kier alpha value is -0.950. The summed E-state index contributed by atoms with van der Waals surface area (Å²) in [6, 6.07) is 6.81. The lowest BCUT2D eigenvalue weighted by molar-refractivity contribution is 0.138. The van der Waals surface area contributed by atoms with Gasteiger partial charge in [-0.15, -0.1) is 0 Å². The van der Waals surface area contributed by atoms with Crippen molar-refractivity contribution < 1.29 is 13.5 Å². The van der Waals surface area contributed by atoms with E-state index in [1.165, 1.54) is 11.4 Å². The van der Waals surface area contributed by atoms with Crippen LogP contribution in [0.2, 0.25) is 0 Å². The van der Waals surface area contributed by atoms with E-state index in [1.807, 2.05) is 6.92 Å². The molecule has 2 N–H and O–H groups in total. The van der Waals surface area contributed by atoms with E-state index in [-0.39, 0.29) is 11.5 Å². The van der Waals surface area contributed by atoms with E-state index in [0.29, 0.717) is 0 Å². The lowest BCUT2D eigenvalue weighted by Gasteiger charge is -2.32. The number of nitrogens with one attached hydrogen (secondary N) is 1. The molecule has 0 radical (unpaired) electrons. The molecule has 20 heavy (non-hydrogen) atoms. The monoisotopic (exact) mass is 300 g/mol. The molecule has 114 valence electrons. The van der Waals surface area contributed by atoms with Crippen LogP contribution < -0.4 is 5.32 Å². The molecule has 1 rings (SSSR count). The van der Waals surface area contributed by atoms with Crippen LogP contribution in [0.3, 0.4) is 0 Å². The van der Waals surface area contributed by atoms with Gasteiger partial charge in [0.15, 0.2) is 0 Å². The summed E-state index contributed by atoms with van der Waals surface area (Å²) in [5, 5.41) is 12.5. The van der Waals surface area contributed by atoms with E-state index in [9.17, 15) is 13.5 Å². The Morgan fingerprint density at radius 3 is 2.25 bits per heavy atom. The SMILES string of the molecule is CCNCc1ccc(S(=O)(=O)N(C)C(C)(C)CO)cc1. The van der Waals surface area contributed by atoms with Gasteiger partial charge in [-0.05, 0) is 38.1 Å². The largest absolute Gasteiger partial charge is 0.394 e. The molecule has 5 nitrogen and oxygen atoms in total. The van der Waals surface area contributed by atoms with Crippen LogP contribution in [0, 0.1) is 0 Å². The molecule has 0 spiro atoms. The van der Waals surface area contributed by atoms with E-state index in [1.54, 1.807) is 38.1 Å². The number of aliphatic hydroxyl groups is 1. The maximum absolute atomic E-state index is 12.5. The Morgan fingerprint density at radius 1 is 1.25 bits per heavy atom. The second-order valence-electron chi connectivity index (χ2n) is 5.37. The maximum atomic E-state index is 12.5. The lowest BCUT2D eigenvalue weighted by Crippen LogP contribution is -2.47. The van der Waals surface area contributed by atoms with Gasteiger partial charge in [0.2, 0.25) is 10.0 Å². The molecular formula is C14H24N2O3S. The average molecular weight is 300 g/mol. The van der Waals surface area contributed by atoms with Crippen LogP contribution in [0.1, 0.15) is 26.3 Å². The first-order valence-corrected chi connectivity index (χ1v) is 8.09. The minimum absolute atomic E-state index is 0.235. The van der Waals surface area contributed by atoms with Gasteiger partial charge in [-0.3, -0.25) is 0 Å². The Morgan fingerprint density at radius 2 is 1.80 bits per heavy atom. The molecule has 1 aromatic rings. The smallest absolute Gasteiger partial charge is 0.243 e. The van der Waals surface area contributed by atoms with Crippen molar-refractivity contribution in [3.8, 4) is 0 Å². The van der Waals surface area contributed by atoms with Gasteiger partial charge in [-0.1, -0.05) is 19.1 Å². The zero-order valence-electron chi connectivity index (χ0n) is 12.5. The standard InChI is InChI=1S/C14H24N2O3S/c1-5-15-10-12-6-8-13(9-7-12)20(18,19)16(4)14(2,3)11-17/h6-9,15,17H,5,10-11H2,1-4H3. The van der Waals surface area contributed by atoms with Gasteiger partial charge in [0.05, 0.1) is 17.0 Å². The number of likely N-dealkylation sites (N-methyl/N-ethyl adjacent to an activating group) is 1. The van der Waals surface area contributed by atoms with Crippen LogP contribution >= 0.6 is 0 Å². The quantitative estimate of drug-likeness (QED) is 0.793. The third-order valence-electron chi connectivity index (χ3n) is 3.40. The average Bonchev–Trinajstić information content (AvgIpc) is 2.44. The Balaban J connectivity index is 2.99. The zero-order valence-corrected chi connectivity index (χ0v) is 13.4. The highest BCUT2D eigenvalue weighted by atomic mass is 32.2. The van der Waals surface area contributed by atoms with Crippen LogP contribution in [-0.4, -0.2) is 43.6 Å². The minimum Gasteiger partial charge on any atom is -0.394 e. The fourth-order valence-corrected chi connectivity index (χ4v) is 3.14. The molecule has 0 amide bonds. The second kappa shape index (κ2) is 6.67. The summed E-state index contributed by atoms with van der Waals surface area (Å²) in [5.41, 5.74) is 0.205. The van der Waals surface area contributed by atoms with E-state index >= 15 is 0 Å². The molecule has 1 aromatic carbocycles. The van der Waals surface area contributed by atoms with Gasteiger partial charge in [0.25, 0.3) is 0 Å². The highest BCUT2D eigenvalue weighted by molar-refractivity contribution is 7.89. The predicted octanol–water partition coefficient (Wildman–Crippen LogP) is 1.19. The summed E-state index contributed by atoms with van der Waals surface area (Å²) in [6.45, 7) is 6.74. The zero-order chi connectivity index (χ0) is 15.4. The molecule has 0 saturated carbocycles. The number of benzene rings is 1. The molecule has 0 aliphatic carbocycles. The molecule has 0 unspecified atom stereocenters. The van der Waals surface area contributed by atoms with Crippen molar-refractivity contribution in [1.82, 2.24) is 9.62 Å². The number of hydrogen-bond acceptors (Lipinski definition) is 4. The number of hydrogen-bond donors (Lipinski definition) is 2. The lowest BCUT2D eigenvalue weighted by atomic mass is 10.1. The summed E-state index contributed by atoms with van der Waals surface area (Å²) in [6.07, 6.45) is 0. The molecular weight excluding hydrogens is 276 g/mol. The Bertz CT molecular complexity index is 524. The van der Waals surface area contributed by atoms with Crippen molar-refractivity contribution in [2.75, 3.05) is 20.2 Å². The first kappa shape index (κ1) is 17.1. The van der Waals surface area contributed by atoms with Gasteiger partial charge in [0, 0.05) is 13.6 Å². The van der Waals surface area contributed by atoms with Crippen LogP contribution in [0.15, 0.2) is 29.2 Å². The first-order chi connectivity index (χ1) is 9.25. The van der Waals surface area contributed by atoms with Gasteiger partial charge in [-0.25, -0.2) is 8.42 Å². The molecule has 0 aliphatic rings. The topological polar surface area (TPSA) is 69.6 Å². The Labute approximate surface area is 121 Å². The van der Waals surface area contributed by atoms with Crippen LogP contribution in [0.4, 0.5) is 0 Å². The number of aliphatic hydroxyl groups excluding tert-OH is 1. The highest BCUT2D eigenvalue weighted by Crippen LogP contribution is 2.22. The van der Waals surface area contributed by atoms with Crippen LogP contribution in [0.5, 0.6) is 0 Å². The van der Waals surface area contributed by atoms with E-state index in [0.717, 1.165) is 18.7 Å². The fourth-order valence-electron chi connectivity index (χ4n) is 1.63. The molecule has 0 bridgehead atoms. The summed E-state index contributed by atoms with van der Waals surface area (Å²) in [5.74, 6) is 0. The minimum atomic E-state index is -3.59. The van der Waals surface area contributed by atoms with Gasteiger partial charge in [0.1, 0.15) is 0 Å². The summed E-state index contributed by atoms with van der Waals surface area (Å²) >= 11 is 0. The molecule has 0 aliphatic heterocycles. The summed E-state index contributed by atoms with van der Waals surface area (Å²) in [7, 11) is -2.11. The van der Waals surface area contributed by atoms with Crippen LogP contribution in [0.25, 0.3) is 0 Å². The van der Waals surface area contributed by atoms with Gasteiger partial charge < -0.3 is 10.4 Å². The first-order valence-electron chi connectivity index (χ1n) is 6.65. The third kappa shape index (κ3) is 3.79. The molecule has 0 saturated heterocycles. The van der Waals surface area contributed by atoms with Crippen molar-refractivity contribution in [2.45, 2.75) is 37.8 Å². The fraction of sp³-hybridized carbons (Fsp3) is 0.571. The molecule has 0 atom stereocenters. The van der Waals surface area contributed by atoms with E-state index < -0.39 is 15.6 Å². The van der Waals surface area contributed by atoms with E-state index in [4.69, 9.17) is 0 Å². The molecule has 0 aromatic heterocycles. The number of sulfonamides is 1. The highest BCUT2D eigenvalue weighted by Gasteiger charge is 2.33. The van der Waals surface area contributed by atoms with Crippen molar-refractivity contribution in [1.29, 1.82) is 0 Å². The molecule has 6 heteroatoms. The third-order valence-corrected chi connectivity index (χ3v) is 5.48. The Kier molecular flexibility index (Phi) is 5.70. The maximum Gasteiger partial charge on any atom is 0.243 e. The summed E-state index contributed by atoms with van der Waals surface area (Å²) < 4.78 is 26.1. The van der Waals surface area contributed by atoms with Crippen molar-refractivity contribution in [3.63, 3.8) is 0 Å². The number of rotatable bonds is 7. The molecule has 0 heterocycles. The second-order valence-corrected chi connectivity index (χ2v) is 7.34. The van der Waals surface area contributed by atoms with Crippen molar-refractivity contribution >= 4 is 10.0 Å². The van der Waals surface area contributed by atoms with Crippen LogP contribution in [-0.2, 0) is 16.6 Å². The predicted molar refractivity (Wildman–Crippen MR) is 79.9 cm³/mol.